The molecular formula is C23H28N2O2. The lowest BCUT2D eigenvalue weighted by Gasteiger charge is -2.40. The average molecular weight is 364 g/mol. The van der Waals surface area contributed by atoms with Crippen LogP contribution in [0.1, 0.15) is 42.5 Å². The van der Waals surface area contributed by atoms with Gasteiger partial charge in [-0.1, -0.05) is 60.2 Å². The maximum absolute atomic E-state index is 13.0. The van der Waals surface area contributed by atoms with E-state index in [4.69, 9.17) is 0 Å². The standard InChI is InChI=1S/C23H28N2O2/c1-3-25-21(26)14-13-20(22(25)19-11-9-17(2)10-12-19)23(27)24-16-15-18-7-5-4-6-8-18/h4-12,20,22H,3,13-16H2,1-2H3,(H,24,27)/t20-,22+/m1/s1. The lowest BCUT2D eigenvalue weighted by molar-refractivity contribution is -0.143. The third kappa shape index (κ3) is 4.57. The number of amides is 2. The molecule has 4 heteroatoms. The van der Waals surface area contributed by atoms with E-state index in [9.17, 15) is 9.59 Å². The van der Waals surface area contributed by atoms with Crippen molar-refractivity contribution in [1.29, 1.82) is 0 Å². The fraction of sp³-hybridized carbons (Fsp3) is 0.391. The topological polar surface area (TPSA) is 49.4 Å². The molecule has 0 aromatic heterocycles. The smallest absolute Gasteiger partial charge is 0.225 e. The highest BCUT2D eigenvalue weighted by molar-refractivity contribution is 5.85. The fourth-order valence-corrected chi connectivity index (χ4v) is 3.88. The van der Waals surface area contributed by atoms with E-state index in [1.165, 1.54) is 11.1 Å². The summed E-state index contributed by atoms with van der Waals surface area (Å²) in [6, 6.07) is 18.2. The molecule has 0 bridgehead atoms. The summed E-state index contributed by atoms with van der Waals surface area (Å²) in [5.41, 5.74) is 3.42. The molecule has 142 valence electrons. The van der Waals surface area contributed by atoms with Gasteiger partial charge in [-0.15, -0.1) is 0 Å². The van der Waals surface area contributed by atoms with Crippen LogP contribution < -0.4 is 5.32 Å². The number of carbonyl (C=O) groups excluding carboxylic acids is 2. The quantitative estimate of drug-likeness (QED) is 0.850. The highest BCUT2D eigenvalue weighted by Gasteiger charge is 2.39. The molecule has 1 N–H and O–H groups in total. The summed E-state index contributed by atoms with van der Waals surface area (Å²) in [6.07, 6.45) is 1.85. The van der Waals surface area contributed by atoms with E-state index in [0.717, 1.165) is 12.0 Å². The van der Waals surface area contributed by atoms with Crippen LogP contribution in [0.25, 0.3) is 0 Å². The summed E-state index contributed by atoms with van der Waals surface area (Å²) in [6.45, 7) is 5.25. The number of benzene rings is 2. The van der Waals surface area contributed by atoms with Crippen molar-refractivity contribution in [1.82, 2.24) is 10.2 Å². The lowest BCUT2D eigenvalue weighted by atomic mass is 9.83. The number of aryl methyl sites for hydroxylation is 1. The fourth-order valence-electron chi connectivity index (χ4n) is 3.88. The minimum Gasteiger partial charge on any atom is -0.355 e. The number of nitrogens with one attached hydrogen (secondary N) is 1. The van der Waals surface area contributed by atoms with E-state index in [1.807, 2.05) is 61.2 Å². The Morgan fingerprint density at radius 1 is 1.11 bits per heavy atom. The molecule has 0 unspecified atom stereocenters. The number of rotatable bonds is 6. The molecule has 0 saturated carbocycles. The Kier molecular flexibility index (Phi) is 6.28. The number of piperidine rings is 1. The van der Waals surface area contributed by atoms with E-state index >= 15 is 0 Å². The highest BCUT2D eigenvalue weighted by Crippen LogP contribution is 2.36. The molecule has 4 nitrogen and oxygen atoms in total. The summed E-state index contributed by atoms with van der Waals surface area (Å²) in [5.74, 6) is -0.0278. The van der Waals surface area contributed by atoms with Gasteiger partial charge in [0.05, 0.1) is 12.0 Å². The van der Waals surface area contributed by atoms with E-state index in [1.54, 1.807) is 0 Å². The second-order valence-electron chi connectivity index (χ2n) is 7.21. The van der Waals surface area contributed by atoms with Gasteiger partial charge in [-0.25, -0.2) is 0 Å². The molecule has 0 aliphatic carbocycles. The van der Waals surface area contributed by atoms with Gasteiger partial charge in [0.2, 0.25) is 11.8 Å². The van der Waals surface area contributed by atoms with Crippen molar-refractivity contribution in [2.24, 2.45) is 5.92 Å². The molecule has 2 aromatic rings. The van der Waals surface area contributed by atoms with Gasteiger partial charge in [0, 0.05) is 19.5 Å². The van der Waals surface area contributed by atoms with Crippen LogP contribution in [0.5, 0.6) is 0 Å². The Balaban J connectivity index is 1.73. The Morgan fingerprint density at radius 3 is 2.48 bits per heavy atom. The van der Waals surface area contributed by atoms with Crippen LogP contribution >= 0.6 is 0 Å². The molecule has 2 atom stereocenters. The van der Waals surface area contributed by atoms with Gasteiger partial charge >= 0.3 is 0 Å². The first kappa shape index (κ1) is 19.2. The van der Waals surface area contributed by atoms with Crippen LogP contribution in [0.3, 0.4) is 0 Å². The SMILES string of the molecule is CCN1C(=O)CC[C@@H](C(=O)NCCc2ccccc2)[C@@H]1c1ccc(C)cc1. The predicted octanol–water partition coefficient (Wildman–Crippen LogP) is 3.65. The second kappa shape index (κ2) is 8.85. The first-order valence-electron chi connectivity index (χ1n) is 9.78. The molecule has 2 amide bonds. The van der Waals surface area contributed by atoms with E-state index in [0.29, 0.717) is 25.9 Å². The third-order valence-corrected chi connectivity index (χ3v) is 5.36. The zero-order valence-electron chi connectivity index (χ0n) is 16.2. The summed E-state index contributed by atoms with van der Waals surface area (Å²) in [5, 5.41) is 3.09. The van der Waals surface area contributed by atoms with Crippen molar-refractivity contribution in [2.75, 3.05) is 13.1 Å². The number of likely N-dealkylation sites (tertiary alicyclic amines) is 1. The first-order chi connectivity index (χ1) is 13.1. The van der Waals surface area contributed by atoms with E-state index in [-0.39, 0.29) is 23.8 Å². The molecule has 27 heavy (non-hydrogen) atoms. The summed E-state index contributed by atoms with van der Waals surface area (Å²) >= 11 is 0. The van der Waals surface area contributed by atoms with Crippen molar-refractivity contribution < 1.29 is 9.59 Å². The monoisotopic (exact) mass is 364 g/mol. The Morgan fingerprint density at radius 2 is 1.81 bits per heavy atom. The van der Waals surface area contributed by atoms with Crippen molar-refractivity contribution in [3.05, 3.63) is 71.3 Å². The Hall–Kier alpha value is -2.62. The van der Waals surface area contributed by atoms with Crippen LogP contribution in [0.4, 0.5) is 0 Å². The number of hydrogen-bond acceptors (Lipinski definition) is 2. The van der Waals surface area contributed by atoms with Gasteiger partial charge in [-0.05, 0) is 37.8 Å². The number of hydrogen-bond donors (Lipinski definition) is 1. The highest BCUT2D eigenvalue weighted by atomic mass is 16.2. The van der Waals surface area contributed by atoms with Gasteiger partial charge in [-0.3, -0.25) is 9.59 Å². The molecule has 2 aromatic carbocycles. The zero-order chi connectivity index (χ0) is 19.2. The van der Waals surface area contributed by atoms with Crippen molar-refractivity contribution in [3.8, 4) is 0 Å². The molecule has 1 saturated heterocycles. The number of nitrogens with zero attached hydrogens (tertiary/aromatic N) is 1. The molecule has 1 aliphatic heterocycles. The maximum atomic E-state index is 13.0. The van der Waals surface area contributed by atoms with Crippen molar-refractivity contribution in [2.45, 2.75) is 39.2 Å². The summed E-state index contributed by atoms with van der Waals surface area (Å²) in [7, 11) is 0. The second-order valence-corrected chi connectivity index (χ2v) is 7.21. The molecule has 3 rings (SSSR count). The maximum Gasteiger partial charge on any atom is 0.225 e. The normalized spacial score (nSPS) is 19.8. The van der Waals surface area contributed by atoms with Crippen LogP contribution in [-0.2, 0) is 16.0 Å². The molecule has 0 radical (unpaired) electrons. The van der Waals surface area contributed by atoms with Crippen molar-refractivity contribution in [3.63, 3.8) is 0 Å². The Labute approximate surface area is 161 Å². The van der Waals surface area contributed by atoms with Crippen LogP contribution in [0, 0.1) is 12.8 Å². The largest absolute Gasteiger partial charge is 0.355 e. The zero-order valence-corrected chi connectivity index (χ0v) is 16.2. The lowest BCUT2D eigenvalue weighted by Crippen LogP contribution is -2.48. The molecular weight excluding hydrogens is 336 g/mol. The minimum atomic E-state index is -0.207. The van der Waals surface area contributed by atoms with Gasteiger partial charge < -0.3 is 10.2 Å². The third-order valence-electron chi connectivity index (χ3n) is 5.36. The summed E-state index contributed by atoms with van der Waals surface area (Å²) < 4.78 is 0. The first-order valence-corrected chi connectivity index (χ1v) is 9.78. The molecule has 1 aliphatic rings. The minimum absolute atomic E-state index is 0.0439. The van der Waals surface area contributed by atoms with Gasteiger partial charge in [0.25, 0.3) is 0 Å². The predicted molar refractivity (Wildman–Crippen MR) is 107 cm³/mol. The molecule has 0 spiro atoms. The van der Waals surface area contributed by atoms with Crippen LogP contribution in [0.15, 0.2) is 54.6 Å². The Bertz CT molecular complexity index is 771. The van der Waals surface area contributed by atoms with Gasteiger partial charge in [0.15, 0.2) is 0 Å². The molecule has 1 fully saturated rings. The van der Waals surface area contributed by atoms with E-state index in [2.05, 4.69) is 17.4 Å². The van der Waals surface area contributed by atoms with Crippen LogP contribution in [-0.4, -0.2) is 29.8 Å². The van der Waals surface area contributed by atoms with E-state index < -0.39 is 0 Å². The molecule has 1 heterocycles. The van der Waals surface area contributed by atoms with Crippen molar-refractivity contribution >= 4 is 11.8 Å². The average Bonchev–Trinajstić information content (AvgIpc) is 2.69. The van der Waals surface area contributed by atoms with Gasteiger partial charge in [-0.2, -0.15) is 0 Å². The summed E-state index contributed by atoms with van der Waals surface area (Å²) in [4.78, 5) is 27.3. The van der Waals surface area contributed by atoms with Crippen LogP contribution in [0.2, 0.25) is 0 Å². The number of carbonyl (C=O) groups is 2. The van der Waals surface area contributed by atoms with Gasteiger partial charge in [0.1, 0.15) is 0 Å².